The summed E-state index contributed by atoms with van der Waals surface area (Å²) in [6, 6.07) is 2.05. The Bertz CT molecular complexity index is 745. The molecule has 2 aromatic heterocycles. The number of hydrogen-bond acceptors (Lipinski definition) is 4. The molecule has 0 aliphatic heterocycles. The maximum atomic E-state index is 12.5. The Morgan fingerprint density at radius 2 is 2.08 bits per heavy atom. The minimum Gasteiger partial charge on any atom is -0.388 e. The molecule has 0 radical (unpaired) electrons. The van der Waals surface area contributed by atoms with Gasteiger partial charge in [0.25, 0.3) is 5.91 Å². The summed E-state index contributed by atoms with van der Waals surface area (Å²) in [7, 11) is 0. The smallest absolute Gasteiger partial charge is 0.253 e. The van der Waals surface area contributed by atoms with Crippen LogP contribution in [0.3, 0.4) is 0 Å². The van der Waals surface area contributed by atoms with Crippen LogP contribution in [0.15, 0.2) is 12.3 Å². The fourth-order valence-corrected chi connectivity index (χ4v) is 3.40. The van der Waals surface area contributed by atoms with Crippen molar-refractivity contribution < 1.29 is 9.90 Å². The first-order chi connectivity index (χ1) is 11.4. The molecule has 130 valence electrons. The van der Waals surface area contributed by atoms with Crippen LogP contribution in [0.5, 0.6) is 0 Å². The van der Waals surface area contributed by atoms with Gasteiger partial charge in [0.1, 0.15) is 0 Å². The summed E-state index contributed by atoms with van der Waals surface area (Å²) < 4.78 is 1.86. The number of carbonyl (C=O) groups excluding carboxylic acids is 1. The fraction of sp³-hybridized carbons (Fsp3) is 0.611. The van der Waals surface area contributed by atoms with Gasteiger partial charge in [-0.15, -0.1) is 0 Å². The number of aryl methyl sites for hydroxylation is 1. The molecule has 2 aromatic rings. The summed E-state index contributed by atoms with van der Waals surface area (Å²) >= 11 is 0. The molecule has 3 rings (SSSR count). The Balaban J connectivity index is 1.78. The number of nitrogens with zero attached hydrogens (tertiary/aromatic N) is 3. The molecule has 0 saturated heterocycles. The van der Waals surface area contributed by atoms with Gasteiger partial charge in [-0.1, -0.05) is 19.3 Å². The topological polar surface area (TPSA) is 80.0 Å². The van der Waals surface area contributed by atoms with E-state index in [1.807, 2.05) is 17.7 Å². The monoisotopic (exact) mass is 330 g/mol. The normalized spacial score (nSPS) is 17.4. The van der Waals surface area contributed by atoms with Crippen LogP contribution in [0.2, 0.25) is 0 Å². The summed E-state index contributed by atoms with van der Waals surface area (Å²) in [4.78, 5) is 17.1. The van der Waals surface area contributed by atoms with Gasteiger partial charge in [0.05, 0.1) is 23.1 Å². The van der Waals surface area contributed by atoms with Gasteiger partial charge in [-0.2, -0.15) is 5.10 Å². The Hall–Kier alpha value is -1.95. The van der Waals surface area contributed by atoms with E-state index in [0.29, 0.717) is 17.8 Å². The SMILES string of the molecule is Cc1nc2c(cnn2C(C)C)cc1C(=O)NCC1(O)CCCCC1. The van der Waals surface area contributed by atoms with Gasteiger partial charge in [-0.25, -0.2) is 9.67 Å². The highest BCUT2D eigenvalue weighted by molar-refractivity contribution is 5.98. The van der Waals surface area contributed by atoms with Crippen LogP contribution in [0, 0.1) is 6.92 Å². The van der Waals surface area contributed by atoms with Gasteiger partial charge in [0, 0.05) is 18.0 Å². The van der Waals surface area contributed by atoms with Crippen LogP contribution in [-0.2, 0) is 0 Å². The third-order valence-electron chi connectivity index (χ3n) is 4.86. The second-order valence-electron chi connectivity index (χ2n) is 7.18. The molecule has 0 spiro atoms. The van der Waals surface area contributed by atoms with E-state index in [2.05, 4.69) is 29.2 Å². The highest BCUT2D eigenvalue weighted by atomic mass is 16.3. The van der Waals surface area contributed by atoms with Gasteiger partial charge in [-0.05, 0) is 39.7 Å². The molecule has 0 bridgehead atoms. The van der Waals surface area contributed by atoms with E-state index in [1.54, 1.807) is 6.20 Å². The Morgan fingerprint density at radius 1 is 1.38 bits per heavy atom. The van der Waals surface area contributed by atoms with Crippen LogP contribution >= 0.6 is 0 Å². The lowest BCUT2D eigenvalue weighted by Crippen LogP contribution is -2.44. The molecule has 24 heavy (non-hydrogen) atoms. The highest BCUT2D eigenvalue weighted by Gasteiger charge is 2.29. The van der Waals surface area contributed by atoms with Crippen molar-refractivity contribution in [1.82, 2.24) is 20.1 Å². The first-order valence-electron chi connectivity index (χ1n) is 8.75. The van der Waals surface area contributed by atoms with Crippen LogP contribution in [0.4, 0.5) is 0 Å². The number of aliphatic hydroxyl groups is 1. The second-order valence-corrected chi connectivity index (χ2v) is 7.18. The van der Waals surface area contributed by atoms with E-state index >= 15 is 0 Å². The van der Waals surface area contributed by atoms with E-state index in [1.165, 1.54) is 0 Å². The number of nitrogens with one attached hydrogen (secondary N) is 1. The number of amides is 1. The van der Waals surface area contributed by atoms with E-state index in [4.69, 9.17) is 0 Å². The molecular formula is C18H26N4O2. The molecule has 1 amide bonds. The van der Waals surface area contributed by atoms with Gasteiger partial charge in [-0.3, -0.25) is 4.79 Å². The predicted octanol–water partition coefficient (Wildman–Crippen LogP) is 2.75. The third-order valence-corrected chi connectivity index (χ3v) is 4.86. The van der Waals surface area contributed by atoms with Gasteiger partial charge < -0.3 is 10.4 Å². The summed E-state index contributed by atoms with van der Waals surface area (Å²) in [5.41, 5.74) is 1.26. The van der Waals surface area contributed by atoms with E-state index in [9.17, 15) is 9.90 Å². The summed E-state index contributed by atoms with van der Waals surface area (Å²) in [5.74, 6) is -0.182. The van der Waals surface area contributed by atoms with Crippen LogP contribution < -0.4 is 5.32 Å². The Labute approximate surface area is 142 Å². The van der Waals surface area contributed by atoms with Gasteiger partial charge >= 0.3 is 0 Å². The number of aromatic nitrogens is 3. The largest absolute Gasteiger partial charge is 0.388 e. The van der Waals surface area contributed by atoms with Crippen LogP contribution in [-0.4, -0.2) is 37.9 Å². The molecule has 1 aliphatic rings. The summed E-state index contributed by atoms with van der Waals surface area (Å²) in [6.45, 7) is 6.24. The lowest BCUT2D eigenvalue weighted by atomic mass is 9.85. The lowest BCUT2D eigenvalue weighted by Gasteiger charge is -2.32. The molecular weight excluding hydrogens is 304 g/mol. The molecule has 1 saturated carbocycles. The minimum absolute atomic E-state index is 0.182. The second kappa shape index (κ2) is 6.51. The molecule has 0 aromatic carbocycles. The minimum atomic E-state index is -0.762. The van der Waals surface area contributed by atoms with Crippen LogP contribution in [0.1, 0.15) is 68.0 Å². The lowest BCUT2D eigenvalue weighted by molar-refractivity contribution is 0.00524. The molecule has 6 nitrogen and oxygen atoms in total. The first-order valence-corrected chi connectivity index (χ1v) is 8.75. The maximum Gasteiger partial charge on any atom is 0.253 e. The number of carbonyl (C=O) groups is 1. The zero-order chi connectivity index (χ0) is 17.3. The van der Waals surface area contributed by atoms with Crippen molar-refractivity contribution in [2.75, 3.05) is 6.54 Å². The zero-order valence-electron chi connectivity index (χ0n) is 14.7. The number of fused-ring (bicyclic) bond motifs is 1. The zero-order valence-corrected chi connectivity index (χ0v) is 14.7. The van der Waals surface area contributed by atoms with Gasteiger partial charge in [0.15, 0.2) is 5.65 Å². The van der Waals surface area contributed by atoms with Crippen molar-refractivity contribution in [1.29, 1.82) is 0 Å². The van der Waals surface area contributed by atoms with E-state index in [0.717, 1.165) is 43.1 Å². The summed E-state index contributed by atoms with van der Waals surface area (Å²) in [6.07, 6.45) is 6.46. The fourth-order valence-electron chi connectivity index (χ4n) is 3.40. The van der Waals surface area contributed by atoms with Crippen molar-refractivity contribution in [2.45, 2.75) is 64.5 Å². The molecule has 1 aliphatic carbocycles. The molecule has 0 atom stereocenters. The number of pyridine rings is 1. The van der Waals surface area contributed by atoms with Crippen molar-refractivity contribution in [3.05, 3.63) is 23.5 Å². The molecule has 2 N–H and O–H groups in total. The van der Waals surface area contributed by atoms with Crippen molar-refractivity contribution >= 4 is 16.9 Å². The van der Waals surface area contributed by atoms with Crippen molar-refractivity contribution in [3.63, 3.8) is 0 Å². The third kappa shape index (κ3) is 3.29. The average Bonchev–Trinajstić information content (AvgIpc) is 2.95. The average molecular weight is 330 g/mol. The quantitative estimate of drug-likeness (QED) is 0.903. The molecule has 1 fully saturated rings. The molecule has 2 heterocycles. The number of rotatable bonds is 4. The van der Waals surface area contributed by atoms with Gasteiger partial charge in [0.2, 0.25) is 0 Å². The Morgan fingerprint density at radius 3 is 2.75 bits per heavy atom. The summed E-state index contributed by atoms with van der Waals surface area (Å²) in [5, 5.41) is 18.6. The number of hydrogen-bond donors (Lipinski definition) is 2. The molecule has 6 heteroatoms. The standard InChI is InChI=1S/C18H26N4O2/c1-12(2)22-16-14(10-20-22)9-15(13(3)21-16)17(23)19-11-18(24)7-5-4-6-8-18/h9-10,12,24H,4-8,11H2,1-3H3,(H,19,23). The highest BCUT2D eigenvalue weighted by Crippen LogP contribution is 2.27. The first kappa shape index (κ1) is 16.9. The Kier molecular flexibility index (Phi) is 4.58. The van der Waals surface area contributed by atoms with E-state index in [-0.39, 0.29) is 11.9 Å². The van der Waals surface area contributed by atoms with Crippen LogP contribution in [0.25, 0.3) is 11.0 Å². The maximum absolute atomic E-state index is 12.5. The van der Waals surface area contributed by atoms with Crippen molar-refractivity contribution in [2.24, 2.45) is 0 Å². The van der Waals surface area contributed by atoms with E-state index < -0.39 is 5.60 Å². The predicted molar refractivity (Wildman–Crippen MR) is 93.0 cm³/mol. The molecule has 0 unspecified atom stereocenters. The van der Waals surface area contributed by atoms with Crippen molar-refractivity contribution in [3.8, 4) is 0 Å².